The van der Waals surface area contributed by atoms with Gasteiger partial charge in [-0.05, 0) is 44.4 Å². The molecule has 2 saturated carbocycles. The van der Waals surface area contributed by atoms with E-state index in [0.717, 1.165) is 50.1 Å². The van der Waals surface area contributed by atoms with Crippen molar-refractivity contribution in [2.45, 2.75) is 89.9 Å². The van der Waals surface area contributed by atoms with Crippen molar-refractivity contribution >= 4 is 22.4 Å². The number of carbonyl (C=O) groups is 1. The number of hydrogen-bond donors (Lipinski definition) is 0. The second-order valence-corrected chi connectivity index (χ2v) is 10.4. The molecule has 3 fully saturated rings. The fourth-order valence-corrected chi connectivity index (χ4v) is 6.50. The van der Waals surface area contributed by atoms with Crippen molar-refractivity contribution < 1.29 is 4.79 Å². The lowest BCUT2D eigenvalue weighted by Gasteiger charge is -2.37. The fraction of sp³-hybridized carbons (Fsp3) is 0.870. The minimum atomic E-state index is 0.277. The number of aromatic nitrogens is 2. The summed E-state index contributed by atoms with van der Waals surface area (Å²) in [5.74, 6) is 2.19. The van der Waals surface area contributed by atoms with E-state index in [2.05, 4.69) is 26.9 Å². The molecule has 0 N–H and O–H groups in total. The lowest BCUT2D eigenvalue weighted by molar-refractivity contribution is -0.137. The van der Waals surface area contributed by atoms with Gasteiger partial charge in [0, 0.05) is 38.0 Å². The standard InChI is InChI=1S/C23H38N4OS/c1-2-3-7-18-10-12-20(13-11-18)22(28)26-14-16-27(17-15-26)23-25-24-21(29-23)19-8-5-4-6-9-19/h18-20H,2-17H2,1H3. The second-order valence-electron chi connectivity index (χ2n) is 9.43. The first kappa shape index (κ1) is 21.1. The van der Waals surface area contributed by atoms with E-state index in [9.17, 15) is 4.79 Å². The molecule has 4 rings (SSSR count). The zero-order valence-electron chi connectivity index (χ0n) is 18.2. The number of rotatable bonds is 6. The summed E-state index contributed by atoms with van der Waals surface area (Å²) in [7, 11) is 0. The van der Waals surface area contributed by atoms with Crippen molar-refractivity contribution in [3.05, 3.63) is 5.01 Å². The highest BCUT2D eigenvalue weighted by molar-refractivity contribution is 7.15. The van der Waals surface area contributed by atoms with Crippen LogP contribution < -0.4 is 4.90 Å². The second kappa shape index (κ2) is 10.2. The number of carbonyl (C=O) groups excluding carboxylic acids is 1. The molecular formula is C23H38N4OS. The predicted octanol–water partition coefficient (Wildman–Crippen LogP) is 5.23. The summed E-state index contributed by atoms with van der Waals surface area (Å²) in [6.45, 7) is 5.75. The van der Waals surface area contributed by atoms with Crippen LogP contribution in [0.5, 0.6) is 0 Å². The third-order valence-electron chi connectivity index (χ3n) is 7.41. The molecule has 162 valence electrons. The number of nitrogens with zero attached hydrogens (tertiary/aromatic N) is 4. The highest BCUT2D eigenvalue weighted by Gasteiger charge is 2.31. The molecule has 0 spiro atoms. The van der Waals surface area contributed by atoms with Crippen LogP contribution in [0.2, 0.25) is 0 Å². The maximum atomic E-state index is 13.0. The molecule has 1 aromatic heterocycles. The average molecular weight is 419 g/mol. The van der Waals surface area contributed by atoms with Gasteiger partial charge in [-0.25, -0.2) is 0 Å². The van der Waals surface area contributed by atoms with Crippen molar-refractivity contribution in [1.82, 2.24) is 15.1 Å². The molecule has 1 aromatic rings. The third-order valence-corrected chi connectivity index (χ3v) is 8.55. The van der Waals surface area contributed by atoms with E-state index in [1.165, 1.54) is 69.2 Å². The predicted molar refractivity (Wildman–Crippen MR) is 120 cm³/mol. The Morgan fingerprint density at radius 1 is 0.966 bits per heavy atom. The zero-order chi connectivity index (χ0) is 20.1. The van der Waals surface area contributed by atoms with Crippen LogP contribution in [0, 0.1) is 11.8 Å². The van der Waals surface area contributed by atoms with Crippen molar-refractivity contribution in [2.24, 2.45) is 11.8 Å². The molecular weight excluding hydrogens is 380 g/mol. The number of anilines is 1. The Balaban J connectivity index is 1.23. The molecule has 0 aromatic carbocycles. The quantitative estimate of drug-likeness (QED) is 0.634. The normalized spacial score (nSPS) is 26.7. The Bertz CT molecular complexity index is 641. The van der Waals surface area contributed by atoms with Crippen LogP contribution in [0.4, 0.5) is 5.13 Å². The number of piperazine rings is 1. The summed E-state index contributed by atoms with van der Waals surface area (Å²) in [5.41, 5.74) is 0. The first-order valence-corrected chi connectivity index (χ1v) is 12.9. The molecule has 1 saturated heterocycles. The van der Waals surface area contributed by atoms with Gasteiger partial charge in [-0.2, -0.15) is 0 Å². The molecule has 0 bridgehead atoms. The van der Waals surface area contributed by atoms with Gasteiger partial charge in [0.25, 0.3) is 0 Å². The minimum Gasteiger partial charge on any atom is -0.343 e. The van der Waals surface area contributed by atoms with E-state index < -0.39 is 0 Å². The van der Waals surface area contributed by atoms with Gasteiger partial charge in [0.05, 0.1) is 0 Å². The number of unbranched alkanes of at least 4 members (excludes halogenated alkanes) is 1. The van der Waals surface area contributed by atoms with Gasteiger partial charge < -0.3 is 9.80 Å². The average Bonchev–Trinajstić information content (AvgIpc) is 3.29. The van der Waals surface area contributed by atoms with Crippen LogP contribution in [0.25, 0.3) is 0 Å². The zero-order valence-corrected chi connectivity index (χ0v) is 19.0. The summed E-state index contributed by atoms with van der Waals surface area (Å²) in [4.78, 5) is 17.5. The molecule has 1 aliphatic heterocycles. The minimum absolute atomic E-state index is 0.277. The van der Waals surface area contributed by atoms with Gasteiger partial charge in [-0.3, -0.25) is 4.79 Å². The van der Waals surface area contributed by atoms with Gasteiger partial charge >= 0.3 is 0 Å². The molecule has 0 atom stereocenters. The number of hydrogen-bond acceptors (Lipinski definition) is 5. The fourth-order valence-electron chi connectivity index (χ4n) is 5.44. The van der Waals surface area contributed by atoms with Gasteiger partial charge in [0.1, 0.15) is 5.01 Å². The number of amides is 1. The Kier molecular flexibility index (Phi) is 7.44. The molecule has 0 unspecified atom stereocenters. The van der Waals surface area contributed by atoms with E-state index >= 15 is 0 Å². The van der Waals surface area contributed by atoms with Crippen molar-refractivity contribution in [2.75, 3.05) is 31.1 Å². The summed E-state index contributed by atoms with van der Waals surface area (Å²) in [6, 6.07) is 0. The van der Waals surface area contributed by atoms with Gasteiger partial charge in [-0.1, -0.05) is 56.8 Å². The lowest BCUT2D eigenvalue weighted by Crippen LogP contribution is -2.50. The molecule has 2 aliphatic carbocycles. The van der Waals surface area contributed by atoms with Crippen molar-refractivity contribution in [1.29, 1.82) is 0 Å². The van der Waals surface area contributed by atoms with Crippen LogP contribution in [0.3, 0.4) is 0 Å². The topological polar surface area (TPSA) is 49.3 Å². The Morgan fingerprint density at radius 3 is 2.38 bits per heavy atom. The largest absolute Gasteiger partial charge is 0.343 e. The summed E-state index contributed by atoms with van der Waals surface area (Å²) >= 11 is 1.79. The highest BCUT2D eigenvalue weighted by Crippen LogP contribution is 2.36. The molecule has 6 heteroatoms. The Hall–Kier alpha value is -1.17. The molecule has 1 amide bonds. The molecule has 29 heavy (non-hydrogen) atoms. The maximum Gasteiger partial charge on any atom is 0.225 e. The first-order valence-electron chi connectivity index (χ1n) is 12.1. The summed E-state index contributed by atoms with van der Waals surface area (Å²) in [5, 5.41) is 11.3. The van der Waals surface area contributed by atoms with E-state index in [4.69, 9.17) is 0 Å². The first-order chi connectivity index (χ1) is 14.2. The molecule has 5 nitrogen and oxygen atoms in total. The van der Waals surface area contributed by atoms with Crippen molar-refractivity contribution in [3.63, 3.8) is 0 Å². The lowest BCUT2D eigenvalue weighted by atomic mass is 9.79. The summed E-state index contributed by atoms with van der Waals surface area (Å²) in [6.07, 6.45) is 15.3. The van der Waals surface area contributed by atoms with E-state index in [0.29, 0.717) is 11.8 Å². The SMILES string of the molecule is CCCCC1CCC(C(=O)N2CCN(c3nnc(C4CCCCC4)s3)CC2)CC1. The van der Waals surface area contributed by atoms with E-state index in [1.54, 1.807) is 11.3 Å². The molecule has 3 aliphatic rings. The smallest absolute Gasteiger partial charge is 0.225 e. The third kappa shape index (κ3) is 5.31. The van der Waals surface area contributed by atoms with Crippen LogP contribution in [-0.2, 0) is 4.79 Å². The van der Waals surface area contributed by atoms with Crippen LogP contribution >= 0.6 is 11.3 Å². The maximum absolute atomic E-state index is 13.0. The van der Waals surface area contributed by atoms with Crippen LogP contribution in [0.15, 0.2) is 0 Å². The monoisotopic (exact) mass is 418 g/mol. The highest BCUT2D eigenvalue weighted by atomic mass is 32.1. The van der Waals surface area contributed by atoms with Crippen molar-refractivity contribution in [3.8, 4) is 0 Å². The van der Waals surface area contributed by atoms with E-state index in [1.807, 2.05) is 0 Å². The Morgan fingerprint density at radius 2 is 1.69 bits per heavy atom. The van der Waals surface area contributed by atoms with E-state index in [-0.39, 0.29) is 5.92 Å². The van der Waals surface area contributed by atoms with Gasteiger partial charge in [0.2, 0.25) is 11.0 Å². The Labute approximate surface area is 180 Å². The van der Waals surface area contributed by atoms with Gasteiger partial charge in [0.15, 0.2) is 0 Å². The molecule has 0 radical (unpaired) electrons. The van der Waals surface area contributed by atoms with Crippen LogP contribution in [-0.4, -0.2) is 47.2 Å². The summed E-state index contributed by atoms with van der Waals surface area (Å²) < 4.78 is 0. The molecule has 2 heterocycles. The van der Waals surface area contributed by atoms with Gasteiger partial charge in [-0.15, -0.1) is 10.2 Å². The van der Waals surface area contributed by atoms with Crippen LogP contribution in [0.1, 0.15) is 94.9 Å².